The van der Waals surface area contributed by atoms with E-state index in [1.165, 1.54) is 0 Å². The Kier molecular flexibility index (Phi) is 5.95. The van der Waals surface area contributed by atoms with Crippen molar-refractivity contribution in [1.29, 1.82) is 0 Å². The minimum absolute atomic E-state index is 0.00665. The summed E-state index contributed by atoms with van der Waals surface area (Å²) in [5.41, 5.74) is 7.23. The van der Waals surface area contributed by atoms with Crippen molar-refractivity contribution in [1.82, 2.24) is 0 Å². The molecular formula is C13H19BNO4. The first kappa shape index (κ1) is 15.6. The Morgan fingerprint density at radius 2 is 2.26 bits per heavy atom. The van der Waals surface area contributed by atoms with Crippen molar-refractivity contribution in [3.63, 3.8) is 0 Å². The zero-order valence-corrected chi connectivity index (χ0v) is 10.9. The van der Waals surface area contributed by atoms with Crippen molar-refractivity contribution in [2.45, 2.75) is 50.7 Å². The molecule has 0 aliphatic heterocycles. The molecule has 6 heteroatoms. The molecule has 1 fully saturated rings. The molecule has 0 aromatic heterocycles. The summed E-state index contributed by atoms with van der Waals surface area (Å²) in [7, 11) is 5.72. The number of nitrogens with two attached hydrogens (primary N) is 1. The van der Waals surface area contributed by atoms with Crippen LogP contribution in [0.25, 0.3) is 0 Å². The maximum absolute atomic E-state index is 11.7. The van der Waals surface area contributed by atoms with Gasteiger partial charge in [-0.2, -0.15) is 0 Å². The predicted octanol–water partition coefficient (Wildman–Crippen LogP) is 0.561. The molecule has 0 spiro atoms. The molecule has 3 N–H and O–H groups in total. The summed E-state index contributed by atoms with van der Waals surface area (Å²) in [6, 6.07) is -0.768. The minimum atomic E-state index is -0.893. The van der Waals surface area contributed by atoms with Gasteiger partial charge in [0.25, 0.3) is 0 Å². The van der Waals surface area contributed by atoms with Crippen LogP contribution < -0.4 is 5.73 Å². The molecule has 1 aliphatic rings. The summed E-state index contributed by atoms with van der Waals surface area (Å²) >= 11 is 0. The van der Waals surface area contributed by atoms with Gasteiger partial charge in [0.15, 0.2) is 0 Å². The fourth-order valence-electron chi connectivity index (χ4n) is 1.94. The van der Waals surface area contributed by atoms with E-state index in [9.17, 15) is 9.59 Å². The molecule has 0 bridgehead atoms. The number of hydrogen-bond acceptors (Lipinski definition) is 4. The molecule has 1 saturated carbocycles. The standard InChI is InChI=1S/C13H19BNO4/c1-8-7-9(5-6-10(8)14)19-13(18)11(15)3-2-4-12(16)17/h9,11H,1-7,15H2,(H,16,17). The molecule has 0 aromatic rings. The predicted molar refractivity (Wildman–Crippen MR) is 73.1 cm³/mol. The van der Waals surface area contributed by atoms with Crippen LogP contribution in [-0.4, -0.2) is 42.1 Å². The van der Waals surface area contributed by atoms with Crippen LogP contribution in [0.15, 0.2) is 12.2 Å². The van der Waals surface area contributed by atoms with E-state index in [2.05, 4.69) is 6.58 Å². The first-order valence-corrected chi connectivity index (χ1v) is 6.37. The SMILES string of the molecule is [B]=C1CCC(OC(=O)C(N)CCCC(=O)O)CC1=C. The van der Waals surface area contributed by atoms with E-state index < -0.39 is 18.0 Å². The quantitative estimate of drug-likeness (QED) is 0.540. The Bertz CT molecular complexity index is 394. The number of carbonyl (C=O) groups is 2. The molecule has 0 saturated heterocycles. The Morgan fingerprint density at radius 3 is 2.84 bits per heavy atom. The second-order valence-electron chi connectivity index (χ2n) is 4.82. The van der Waals surface area contributed by atoms with Crippen molar-refractivity contribution < 1.29 is 19.4 Å². The van der Waals surface area contributed by atoms with Crippen LogP contribution in [0.2, 0.25) is 0 Å². The third-order valence-electron chi connectivity index (χ3n) is 3.16. The average Bonchev–Trinajstić information content (AvgIpc) is 2.33. The number of aliphatic carboxylic acids is 1. The van der Waals surface area contributed by atoms with Crippen molar-refractivity contribution in [2.75, 3.05) is 0 Å². The molecule has 19 heavy (non-hydrogen) atoms. The summed E-state index contributed by atoms with van der Waals surface area (Å²) < 4.78 is 5.29. The van der Waals surface area contributed by atoms with E-state index in [0.29, 0.717) is 32.1 Å². The van der Waals surface area contributed by atoms with Gasteiger partial charge >= 0.3 is 113 Å². The Morgan fingerprint density at radius 1 is 1.58 bits per heavy atom. The van der Waals surface area contributed by atoms with Gasteiger partial charge in [0.05, 0.1) is 0 Å². The number of hydrogen-bond donors (Lipinski definition) is 2. The van der Waals surface area contributed by atoms with E-state index in [0.717, 1.165) is 11.0 Å². The summed E-state index contributed by atoms with van der Waals surface area (Å²) in [6.07, 6.45) is 2.35. The Hall–Kier alpha value is -1.43. The number of carboxylic acids is 1. The third-order valence-corrected chi connectivity index (χ3v) is 3.16. The number of ether oxygens (including phenoxy) is 1. The molecule has 5 nitrogen and oxygen atoms in total. The van der Waals surface area contributed by atoms with Gasteiger partial charge in [-0.1, -0.05) is 0 Å². The monoisotopic (exact) mass is 264 g/mol. The Labute approximate surface area is 113 Å². The topological polar surface area (TPSA) is 89.6 Å². The van der Waals surface area contributed by atoms with Gasteiger partial charge in [-0.05, 0) is 0 Å². The fraction of sp³-hybridized carbons (Fsp3) is 0.615. The van der Waals surface area contributed by atoms with E-state index in [4.69, 9.17) is 23.1 Å². The average molecular weight is 264 g/mol. The number of carbonyl (C=O) groups excluding carboxylic acids is 1. The molecule has 1 rings (SSSR count). The van der Waals surface area contributed by atoms with Crippen molar-refractivity contribution in [2.24, 2.45) is 5.73 Å². The normalized spacial score (nSPS) is 20.9. The molecular weight excluding hydrogens is 245 g/mol. The first-order valence-electron chi connectivity index (χ1n) is 6.37. The van der Waals surface area contributed by atoms with Crippen LogP contribution in [0.3, 0.4) is 0 Å². The molecule has 1 aliphatic carbocycles. The second-order valence-corrected chi connectivity index (χ2v) is 4.82. The molecule has 2 unspecified atom stereocenters. The van der Waals surface area contributed by atoms with Crippen LogP contribution in [0, 0.1) is 0 Å². The number of esters is 1. The van der Waals surface area contributed by atoms with E-state index >= 15 is 0 Å². The third kappa shape index (κ3) is 5.38. The van der Waals surface area contributed by atoms with Gasteiger partial charge in [0.1, 0.15) is 0 Å². The van der Waals surface area contributed by atoms with E-state index in [-0.39, 0.29) is 12.5 Å². The summed E-state index contributed by atoms with van der Waals surface area (Å²) in [5.74, 6) is -1.38. The van der Waals surface area contributed by atoms with Crippen molar-refractivity contribution in [3.8, 4) is 0 Å². The molecule has 0 heterocycles. The van der Waals surface area contributed by atoms with Crippen LogP contribution in [-0.2, 0) is 14.3 Å². The Balaban J connectivity index is 2.31. The van der Waals surface area contributed by atoms with Gasteiger partial charge in [-0.15, -0.1) is 0 Å². The van der Waals surface area contributed by atoms with Crippen LogP contribution in [0.5, 0.6) is 0 Å². The van der Waals surface area contributed by atoms with Gasteiger partial charge in [0, 0.05) is 0 Å². The molecule has 0 amide bonds. The zero-order valence-electron chi connectivity index (χ0n) is 10.9. The van der Waals surface area contributed by atoms with Crippen LogP contribution in [0.1, 0.15) is 38.5 Å². The number of rotatable bonds is 6. The maximum atomic E-state index is 11.7. The molecule has 103 valence electrons. The zero-order chi connectivity index (χ0) is 14.4. The van der Waals surface area contributed by atoms with Crippen molar-refractivity contribution >= 4 is 24.9 Å². The summed E-state index contributed by atoms with van der Waals surface area (Å²) in [6.45, 7) is 3.82. The van der Waals surface area contributed by atoms with Gasteiger partial charge in [-0.3, -0.25) is 0 Å². The fourth-order valence-corrected chi connectivity index (χ4v) is 1.94. The number of carboxylic acid groups (broad SMARTS) is 1. The van der Waals surface area contributed by atoms with Gasteiger partial charge < -0.3 is 0 Å². The molecule has 2 atom stereocenters. The van der Waals surface area contributed by atoms with Gasteiger partial charge in [0.2, 0.25) is 0 Å². The summed E-state index contributed by atoms with van der Waals surface area (Å²) in [4.78, 5) is 22.1. The van der Waals surface area contributed by atoms with Crippen LogP contribution >= 0.6 is 0 Å². The van der Waals surface area contributed by atoms with Crippen LogP contribution in [0.4, 0.5) is 0 Å². The second kappa shape index (κ2) is 7.23. The van der Waals surface area contributed by atoms with E-state index in [1.807, 2.05) is 0 Å². The molecule has 1 radical (unpaired) electrons. The first-order chi connectivity index (χ1) is 8.90. The summed E-state index contributed by atoms with van der Waals surface area (Å²) in [5, 5.41) is 8.50. The van der Waals surface area contributed by atoms with E-state index in [1.54, 1.807) is 0 Å². The molecule has 0 aromatic carbocycles. The van der Waals surface area contributed by atoms with Gasteiger partial charge in [-0.25, -0.2) is 0 Å². The van der Waals surface area contributed by atoms with Crippen molar-refractivity contribution in [3.05, 3.63) is 12.2 Å².